The Bertz CT molecular complexity index is 641. The lowest BCUT2D eigenvalue weighted by Crippen LogP contribution is -2.27. The fourth-order valence-electron chi connectivity index (χ4n) is 2.22. The van der Waals surface area contributed by atoms with Gasteiger partial charge in [0, 0.05) is 6.54 Å². The van der Waals surface area contributed by atoms with Crippen molar-refractivity contribution in [2.24, 2.45) is 11.8 Å². The SMILES string of the molecule is COc1ccc(S(=O)(=O)NCC2CC2C)c(CC(=O)O)c1. The van der Waals surface area contributed by atoms with Gasteiger partial charge in [-0.3, -0.25) is 4.79 Å². The molecular weight excluding hydrogens is 294 g/mol. The Hall–Kier alpha value is -1.60. The highest BCUT2D eigenvalue weighted by Gasteiger charge is 2.33. The Kier molecular flexibility index (Phi) is 4.53. The van der Waals surface area contributed by atoms with Crippen LogP contribution in [0.4, 0.5) is 0 Å². The molecule has 0 aliphatic heterocycles. The van der Waals surface area contributed by atoms with Gasteiger partial charge in [0.15, 0.2) is 0 Å². The van der Waals surface area contributed by atoms with Crippen molar-refractivity contribution in [3.05, 3.63) is 23.8 Å². The minimum absolute atomic E-state index is 0.000923. The zero-order valence-electron chi connectivity index (χ0n) is 12.0. The Balaban J connectivity index is 2.25. The Morgan fingerprint density at radius 3 is 2.67 bits per heavy atom. The first-order valence-electron chi connectivity index (χ1n) is 6.72. The molecular formula is C14H19NO5S. The molecule has 0 bridgehead atoms. The highest BCUT2D eigenvalue weighted by atomic mass is 32.2. The number of carboxylic acid groups (broad SMARTS) is 1. The van der Waals surface area contributed by atoms with Crippen LogP contribution in [0.2, 0.25) is 0 Å². The van der Waals surface area contributed by atoms with Crippen molar-refractivity contribution >= 4 is 16.0 Å². The maximum Gasteiger partial charge on any atom is 0.307 e. The summed E-state index contributed by atoms with van der Waals surface area (Å²) < 4.78 is 32.2. The standard InChI is InChI=1S/C14H19NO5S/c1-9-5-11(9)8-15-21(18,19)13-4-3-12(20-2)6-10(13)7-14(16)17/h3-4,6,9,11,15H,5,7-8H2,1-2H3,(H,16,17). The zero-order valence-corrected chi connectivity index (χ0v) is 12.8. The summed E-state index contributed by atoms with van der Waals surface area (Å²) >= 11 is 0. The number of rotatable bonds is 7. The highest BCUT2D eigenvalue weighted by Crippen LogP contribution is 2.37. The van der Waals surface area contributed by atoms with E-state index < -0.39 is 16.0 Å². The fourth-order valence-corrected chi connectivity index (χ4v) is 3.54. The Morgan fingerprint density at radius 1 is 1.48 bits per heavy atom. The second-order valence-electron chi connectivity index (χ2n) is 5.37. The summed E-state index contributed by atoms with van der Waals surface area (Å²) in [6.07, 6.45) is 0.653. The van der Waals surface area contributed by atoms with E-state index in [2.05, 4.69) is 11.6 Å². The van der Waals surface area contributed by atoms with Gasteiger partial charge in [-0.15, -0.1) is 0 Å². The molecule has 0 spiro atoms. The number of benzene rings is 1. The van der Waals surface area contributed by atoms with Gasteiger partial charge in [-0.2, -0.15) is 0 Å². The molecule has 7 heteroatoms. The maximum absolute atomic E-state index is 12.3. The summed E-state index contributed by atoms with van der Waals surface area (Å²) in [6.45, 7) is 2.46. The van der Waals surface area contributed by atoms with Crippen LogP contribution in [-0.4, -0.2) is 33.1 Å². The lowest BCUT2D eigenvalue weighted by Gasteiger charge is -2.12. The molecule has 2 rings (SSSR count). The minimum atomic E-state index is -3.71. The molecule has 21 heavy (non-hydrogen) atoms. The number of carboxylic acids is 1. The van der Waals surface area contributed by atoms with E-state index in [4.69, 9.17) is 9.84 Å². The molecule has 1 aromatic rings. The molecule has 1 saturated carbocycles. The van der Waals surface area contributed by atoms with Crippen LogP contribution in [0.5, 0.6) is 5.75 Å². The minimum Gasteiger partial charge on any atom is -0.497 e. The van der Waals surface area contributed by atoms with Gasteiger partial charge in [0.2, 0.25) is 10.0 Å². The fraction of sp³-hybridized carbons (Fsp3) is 0.500. The average molecular weight is 313 g/mol. The van der Waals surface area contributed by atoms with Gasteiger partial charge >= 0.3 is 5.97 Å². The molecule has 1 fully saturated rings. The van der Waals surface area contributed by atoms with E-state index >= 15 is 0 Å². The number of sulfonamides is 1. The van der Waals surface area contributed by atoms with Crippen LogP contribution in [0.3, 0.4) is 0 Å². The van der Waals surface area contributed by atoms with Crippen molar-refractivity contribution in [1.29, 1.82) is 0 Å². The first-order chi connectivity index (χ1) is 9.83. The monoisotopic (exact) mass is 313 g/mol. The number of nitrogens with one attached hydrogen (secondary N) is 1. The van der Waals surface area contributed by atoms with Gasteiger partial charge in [-0.05, 0) is 42.0 Å². The average Bonchev–Trinajstić information content (AvgIpc) is 3.11. The van der Waals surface area contributed by atoms with E-state index in [1.807, 2.05) is 0 Å². The van der Waals surface area contributed by atoms with E-state index in [-0.39, 0.29) is 16.9 Å². The lowest BCUT2D eigenvalue weighted by molar-refractivity contribution is -0.136. The normalized spacial score (nSPS) is 21.0. The summed E-state index contributed by atoms with van der Waals surface area (Å²) in [4.78, 5) is 10.9. The number of methoxy groups -OCH3 is 1. The van der Waals surface area contributed by atoms with Crippen molar-refractivity contribution in [1.82, 2.24) is 4.72 Å². The lowest BCUT2D eigenvalue weighted by atomic mass is 10.1. The molecule has 0 saturated heterocycles. The molecule has 1 aliphatic carbocycles. The predicted molar refractivity (Wildman–Crippen MR) is 76.8 cm³/mol. The van der Waals surface area contributed by atoms with Gasteiger partial charge in [0.1, 0.15) is 5.75 Å². The number of ether oxygens (including phenoxy) is 1. The number of carbonyl (C=O) groups is 1. The van der Waals surface area contributed by atoms with Crippen molar-refractivity contribution in [2.45, 2.75) is 24.7 Å². The summed E-state index contributed by atoms with van der Waals surface area (Å²) in [5.41, 5.74) is 0.221. The van der Waals surface area contributed by atoms with Crippen molar-refractivity contribution in [3.8, 4) is 5.75 Å². The highest BCUT2D eigenvalue weighted by molar-refractivity contribution is 7.89. The quantitative estimate of drug-likeness (QED) is 0.790. The van der Waals surface area contributed by atoms with E-state index in [9.17, 15) is 13.2 Å². The summed E-state index contributed by atoms with van der Waals surface area (Å²) in [6, 6.07) is 4.35. The third kappa shape index (κ3) is 3.95. The van der Waals surface area contributed by atoms with Crippen LogP contribution >= 0.6 is 0 Å². The molecule has 2 unspecified atom stereocenters. The second kappa shape index (κ2) is 6.03. The van der Waals surface area contributed by atoms with Crippen molar-refractivity contribution in [2.75, 3.05) is 13.7 Å². The predicted octanol–water partition coefficient (Wildman–Crippen LogP) is 1.26. The summed E-state index contributed by atoms with van der Waals surface area (Å²) in [7, 11) is -2.26. The molecule has 0 radical (unpaired) electrons. The van der Waals surface area contributed by atoms with Crippen LogP contribution in [0.25, 0.3) is 0 Å². The smallest absolute Gasteiger partial charge is 0.307 e. The molecule has 6 nitrogen and oxygen atoms in total. The maximum atomic E-state index is 12.3. The molecule has 0 aromatic heterocycles. The van der Waals surface area contributed by atoms with Gasteiger partial charge in [0.05, 0.1) is 18.4 Å². The second-order valence-corrected chi connectivity index (χ2v) is 7.10. The van der Waals surface area contributed by atoms with Crippen LogP contribution in [-0.2, 0) is 21.2 Å². The Labute approximate surface area is 124 Å². The number of hydrogen-bond donors (Lipinski definition) is 2. The van der Waals surface area contributed by atoms with Crippen LogP contribution in [0.1, 0.15) is 18.9 Å². The van der Waals surface area contributed by atoms with Crippen molar-refractivity contribution in [3.63, 3.8) is 0 Å². The molecule has 2 atom stereocenters. The third-order valence-corrected chi connectivity index (χ3v) is 5.23. The molecule has 0 amide bonds. The summed E-state index contributed by atoms with van der Waals surface area (Å²) in [5.74, 6) is 0.263. The van der Waals surface area contributed by atoms with Gasteiger partial charge < -0.3 is 9.84 Å². The van der Waals surface area contributed by atoms with E-state index in [0.29, 0.717) is 24.1 Å². The first-order valence-corrected chi connectivity index (χ1v) is 8.20. The van der Waals surface area contributed by atoms with Gasteiger partial charge in [-0.25, -0.2) is 13.1 Å². The first kappa shape index (κ1) is 15.8. The molecule has 1 aliphatic rings. The largest absolute Gasteiger partial charge is 0.497 e. The summed E-state index contributed by atoms with van der Waals surface area (Å²) in [5, 5.41) is 8.93. The third-order valence-electron chi connectivity index (χ3n) is 3.71. The topological polar surface area (TPSA) is 92.7 Å². The molecule has 2 N–H and O–H groups in total. The molecule has 116 valence electrons. The zero-order chi connectivity index (χ0) is 15.6. The molecule has 1 aromatic carbocycles. The molecule has 0 heterocycles. The van der Waals surface area contributed by atoms with E-state index in [1.165, 1.54) is 25.3 Å². The van der Waals surface area contributed by atoms with Crippen LogP contribution in [0.15, 0.2) is 23.1 Å². The van der Waals surface area contributed by atoms with Crippen LogP contribution in [0, 0.1) is 11.8 Å². The van der Waals surface area contributed by atoms with Crippen molar-refractivity contribution < 1.29 is 23.1 Å². The van der Waals surface area contributed by atoms with Gasteiger partial charge in [0.25, 0.3) is 0 Å². The Morgan fingerprint density at radius 2 is 2.14 bits per heavy atom. The van der Waals surface area contributed by atoms with E-state index in [1.54, 1.807) is 0 Å². The van der Waals surface area contributed by atoms with Gasteiger partial charge in [-0.1, -0.05) is 6.92 Å². The van der Waals surface area contributed by atoms with E-state index in [0.717, 1.165) is 6.42 Å². The number of hydrogen-bond acceptors (Lipinski definition) is 4. The number of aliphatic carboxylic acids is 1. The van der Waals surface area contributed by atoms with Crippen LogP contribution < -0.4 is 9.46 Å².